The molecule has 0 saturated carbocycles. The van der Waals surface area contributed by atoms with Crippen LogP contribution in [0.1, 0.15) is 51.4 Å². The first-order valence-corrected chi connectivity index (χ1v) is 6.52. The first-order valence-electron chi connectivity index (χ1n) is 11.0. The summed E-state index contributed by atoms with van der Waals surface area (Å²) < 4.78 is 76.6. The molecule has 0 aromatic heterocycles. The van der Waals surface area contributed by atoms with Gasteiger partial charge in [0.1, 0.15) is 12.4 Å². The van der Waals surface area contributed by atoms with Crippen LogP contribution in [0.4, 0.5) is 0 Å². The number of ether oxygens (including phenoxy) is 1. The minimum atomic E-state index is -3.03. The highest BCUT2D eigenvalue weighted by Gasteiger charge is 2.22. The molecule has 0 N–H and O–H groups in total. The summed E-state index contributed by atoms with van der Waals surface area (Å²) in [6.07, 6.45) is 3.38. The van der Waals surface area contributed by atoms with Gasteiger partial charge in [-0.25, -0.2) is 4.99 Å². The van der Waals surface area contributed by atoms with Gasteiger partial charge in [0.25, 0.3) is 0 Å². The van der Waals surface area contributed by atoms with Crippen molar-refractivity contribution in [2.45, 2.75) is 39.0 Å². The monoisotopic (exact) mass is 272 g/mol. The van der Waals surface area contributed by atoms with E-state index < -0.39 is 26.5 Å². The Morgan fingerprint density at radius 2 is 2.42 bits per heavy atom. The van der Waals surface area contributed by atoms with Gasteiger partial charge in [-0.2, -0.15) is 0 Å². The van der Waals surface area contributed by atoms with Gasteiger partial charge in [-0.05, 0) is 25.4 Å². The van der Waals surface area contributed by atoms with Crippen molar-refractivity contribution in [3.63, 3.8) is 0 Å². The number of hydrogen-bond donors (Lipinski definition) is 0. The first-order chi connectivity index (χ1) is 12.7. The van der Waals surface area contributed by atoms with Gasteiger partial charge < -0.3 is 9.64 Å². The van der Waals surface area contributed by atoms with Crippen molar-refractivity contribution in [2.75, 3.05) is 33.2 Å². The molecule has 0 amide bonds. The fraction of sp³-hybridized carbons (Fsp3) is 0.733. The lowest BCUT2D eigenvalue weighted by molar-refractivity contribution is 0.298. The van der Waals surface area contributed by atoms with E-state index in [0.717, 1.165) is 12.8 Å². The molecule has 2 aliphatic rings. The Bertz CT molecular complexity index is 683. The molecule has 0 spiro atoms. The number of likely N-dealkylation sites (N-methyl/N-ethyl adjacent to an activating group) is 1. The van der Waals surface area contributed by atoms with Gasteiger partial charge in [-0.15, -0.1) is 0 Å². The van der Waals surface area contributed by atoms with E-state index in [1.807, 2.05) is 6.92 Å². The first kappa shape index (κ1) is 6.53. The molecule has 0 aromatic carbocycles. The molecule has 0 radical (unpaired) electrons. The molecule has 0 saturated heterocycles. The number of nitrogens with zero attached hydrogens (tertiary/aromatic N) is 3. The molecule has 2 heterocycles. The molecular formula is C15H25N3O. The second-order valence-electron chi connectivity index (χ2n) is 4.24. The highest BCUT2D eigenvalue weighted by atomic mass is 16.5. The minimum absolute atomic E-state index is 0.0749. The molecule has 2 rings (SSSR count). The fourth-order valence-electron chi connectivity index (χ4n) is 1.75. The zero-order valence-electron chi connectivity index (χ0n) is 20.1. The summed E-state index contributed by atoms with van der Waals surface area (Å²) in [4.78, 5) is 8.25. The fourth-order valence-corrected chi connectivity index (χ4v) is 1.75. The standard InChI is InChI=1S/C15H25N3O/c1-3-4-5-6-10-19-15-14(16-12-17-15)13-8-7-9-18(2)11-13/h8H,3-7,9-12H2,1-2H3/i2D3,9D2,10D2,11D2. The van der Waals surface area contributed by atoms with Crippen molar-refractivity contribution in [1.29, 1.82) is 0 Å². The quantitative estimate of drug-likeness (QED) is 0.697. The van der Waals surface area contributed by atoms with Gasteiger partial charge in [-0.3, -0.25) is 4.99 Å². The zero-order chi connectivity index (χ0) is 21.4. The Kier molecular flexibility index (Phi) is 2.55. The van der Waals surface area contributed by atoms with Crippen LogP contribution in [0.5, 0.6) is 0 Å². The summed E-state index contributed by atoms with van der Waals surface area (Å²) in [5, 5.41) is 0. The molecule has 0 atom stereocenters. The van der Waals surface area contributed by atoms with E-state index >= 15 is 0 Å². The largest absolute Gasteiger partial charge is 0.476 e. The van der Waals surface area contributed by atoms with Crippen LogP contribution in [0.2, 0.25) is 0 Å². The van der Waals surface area contributed by atoms with Crippen LogP contribution in [-0.4, -0.2) is 49.7 Å². The maximum Gasteiger partial charge on any atom is 0.237 e. The Morgan fingerprint density at radius 1 is 1.47 bits per heavy atom. The predicted octanol–water partition coefficient (Wildman–Crippen LogP) is 2.66. The van der Waals surface area contributed by atoms with E-state index in [9.17, 15) is 0 Å². The van der Waals surface area contributed by atoms with E-state index in [0.29, 0.717) is 6.42 Å². The van der Waals surface area contributed by atoms with Crippen molar-refractivity contribution >= 4 is 11.6 Å². The van der Waals surface area contributed by atoms with E-state index in [2.05, 4.69) is 9.98 Å². The lowest BCUT2D eigenvalue weighted by atomic mass is 10.1. The normalized spacial score (nSPS) is 33.7. The van der Waals surface area contributed by atoms with E-state index in [-0.39, 0.29) is 41.6 Å². The van der Waals surface area contributed by atoms with Crippen LogP contribution in [0.15, 0.2) is 21.6 Å². The van der Waals surface area contributed by atoms with Gasteiger partial charge in [0.05, 0.1) is 9.30 Å². The Balaban J connectivity index is 2.29. The van der Waals surface area contributed by atoms with Crippen LogP contribution in [0.25, 0.3) is 0 Å². The maximum absolute atomic E-state index is 8.31. The average molecular weight is 272 g/mol. The molecular weight excluding hydrogens is 238 g/mol. The Morgan fingerprint density at radius 3 is 3.26 bits per heavy atom. The molecule has 0 aromatic rings. The molecule has 0 aliphatic carbocycles. The van der Waals surface area contributed by atoms with Crippen molar-refractivity contribution < 1.29 is 17.1 Å². The van der Waals surface area contributed by atoms with Crippen LogP contribution < -0.4 is 0 Å². The molecule has 0 bridgehead atoms. The summed E-state index contributed by atoms with van der Waals surface area (Å²) in [5.41, 5.74) is -0.256. The lowest BCUT2D eigenvalue weighted by Gasteiger charge is -2.23. The summed E-state index contributed by atoms with van der Waals surface area (Å²) in [5.74, 6) is -0.190. The average Bonchev–Trinajstić information content (AvgIpc) is 2.91. The third-order valence-corrected chi connectivity index (χ3v) is 2.74. The second-order valence-corrected chi connectivity index (χ2v) is 4.24. The topological polar surface area (TPSA) is 37.2 Å². The minimum Gasteiger partial charge on any atom is -0.476 e. The van der Waals surface area contributed by atoms with Gasteiger partial charge in [0.15, 0.2) is 0 Å². The summed E-state index contributed by atoms with van der Waals surface area (Å²) >= 11 is 0. The smallest absolute Gasteiger partial charge is 0.237 e. The number of rotatable bonds is 6. The van der Waals surface area contributed by atoms with Crippen molar-refractivity contribution in [3.8, 4) is 0 Å². The maximum atomic E-state index is 8.31. The number of unbranched alkanes of at least 4 members (excludes halogenated alkanes) is 2. The zero-order valence-corrected chi connectivity index (χ0v) is 11.1. The molecule has 0 fully saturated rings. The van der Waals surface area contributed by atoms with Gasteiger partial charge >= 0.3 is 0 Å². The van der Waals surface area contributed by atoms with Gasteiger partial charge in [-0.1, -0.05) is 32.3 Å². The van der Waals surface area contributed by atoms with Crippen molar-refractivity contribution in [1.82, 2.24) is 4.90 Å². The molecule has 0 unspecified atom stereocenters. The second kappa shape index (κ2) is 7.43. The Hall–Kier alpha value is -1.16. The third-order valence-electron chi connectivity index (χ3n) is 2.74. The van der Waals surface area contributed by atoms with Crippen LogP contribution in [0, 0.1) is 0 Å². The molecule has 19 heavy (non-hydrogen) atoms. The van der Waals surface area contributed by atoms with Crippen LogP contribution in [-0.2, 0) is 4.74 Å². The SMILES string of the molecule is [2H]C([2H])(CCCCC)OC1=NCN=C1C1=CCC([2H])([2H])N(C([2H])([2H])[2H])C1([2H])[2H]. The van der Waals surface area contributed by atoms with Crippen LogP contribution in [0.3, 0.4) is 0 Å². The number of aliphatic imine (C=N–C) groups is 2. The molecule has 4 heteroatoms. The molecule has 106 valence electrons. The van der Waals surface area contributed by atoms with E-state index in [4.69, 9.17) is 17.1 Å². The van der Waals surface area contributed by atoms with Gasteiger partial charge in [0, 0.05) is 22.6 Å². The summed E-state index contributed by atoms with van der Waals surface area (Å²) in [6.45, 7) is -8.30. The molecule has 4 nitrogen and oxygen atoms in total. The van der Waals surface area contributed by atoms with E-state index in [1.54, 1.807) is 0 Å². The van der Waals surface area contributed by atoms with E-state index in [1.165, 1.54) is 6.08 Å². The van der Waals surface area contributed by atoms with Crippen LogP contribution >= 0.6 is 0 Å². The summed E-state index contributed by atoms with van der Waals surface area (Å²) in [7, 11) is 0. The Labute approximate surface area is 128 Å². The third kappa shape index (κ3) is 4.16. The van der Waals surface area contributed by atoms with Crippen molar-refractivity contribution in [2.24, 2.45) is 9.98 Å². The summed E-state index contributed by atoms with van der Waals surface area (Å²) in [6, 6.07) is 0. The number of hydrogen-bond acceptors (Lipinski definition) is 4. The molecule has 2 aliphatic heterocycles. The highest BCUT2D eigenvalue weighted by Crippen LogP contribution is 2.14. The predicted molar refractivity (Wildman–Crippen MR) is 80.0 cm³/mol. The lowest BCUT2D eigenvalue weighted by Crippen LogP contribution is -2.31. The highest BCUT2D eigenvalue weighted by molar-refractivity contribution is 6.46. The van der Waals surface area contributed by atoms with Gasteiger partial charge in [0.2, 0.25) is 5.90 Å². The van der Waals surface area contributed by atoms with Crippen molar-refractivity contribution in [3.05, 3.63) is 11.6 Å².